The molecule has 0 radical (unpaired) electrons. The number of nitrogens with one attached hydrogen (secondary N) is 1. The summed E-state index contributed by atoms with van der Waals surface area (Å²) in [6, 6.07) is 0.176. The second kappa shape index (κ2) is 9.60. The third-order valence-electron chi connectivity index (χ3n) is 9.60. The standard InChI is InChI=1S/C27H41N5O3/c1-35-11-10-31-6-8-32(9-7-31)26-28-17-22(24(30-26)19-4-2-3-5-19)25(33)29-23-20-12-18-13-21(23)16-27(34,14-18)15-20/h17-21,23,34H,2-16H2,1H3,(H,29,33)/t18?,20?,21?,23-,27+. The summed E-state index contributed by atoms with van der Waals surface area (Å²) in [4.78, 5) is 28.1. The van der Waals surface area contributed by atoms with Crippen molar-refractivity contribution in [1.82, 2.24) is 20.2 Å². The third kappa shape index (κ3) is 4.69. The Bertz CT molecular complexity index is 911. The van der Waals surface area contributed by atoms with Gasteiger partial charge in [-0.3, -0.25) is 9.69 Å². The van der Waals surface area contributed by atoms with Crippen molar-refractivity contribution in [2.75, 3.05) is 51.3 Å². The van der Waals surface area contributed by atoms with E-state index in [1.165, 1.54) is 12.8 Å². The third-order valence-corrected chi connectivity index (χ3v) is 9.60. The highest BCUT2D eigenvalue weighted by atomic mass is 16.5. The summed E-state index contributed by atoms with van der Waals surface area (Å²) in [5.41, 5.74) is 1.14. The molecule has 2 N–H and O–H groups in total. The van der Waals surface area contributed by atoms with E-state index in [0.717, 1.165) is 95.9 Å². The zero-order valence-electron chi connectivity index (χ0n) is 21.1. The first-order chi connectivity index (χ1) is 17.0. The smallest absolute Gasteiger partial charge is 0.254 e. The van der Waals surface area contributed by atoms with Crippen LogP contribution in [0.2, 0.25) is 0 Å². The lowest BCUT2D eigenvalue weighted by atomic mass is 9.52. The van der Waals surface area contributed by atoms with E-state index < -0.39 is 5.60 Å². The molecule has 6 fully saturated rings. The van der Waals surface area contributed by atoms with Crippen LogP contribution < -0.4 is 10.2 Å². The Hall–Kier alpha value is -1.77. The zero-order valence-corrected chi connectivity index (χ0v) is 21.1. The number of anilines is 1. The normalized spacial score (nSPS) is 35.1. The highest BCUT2D eigenvalue weighted by molar-refractivity contribution is 5.95. The van der Waals surface area contributed by atoms with Crippen LogP contribution >= 0.6 is 0 Å². The fourth-order valence-corrected chi connectivity index (χ4v) is 8.06. The van der Waals surface area contributed by atoms with Crippen LogP contribution in [0.15, 0.2) is 6.20 Å². The molecule has 1 aromatic rings. The van der Waals surface area contributed by atoms with Crippen LogP contribution in [0.4, 0.5) is 5.95 Å². The van der Waals surface area contributed by atoms with Crippen molar-refractivity contribution in [3.8, 4) is 0 Å². The number of nitrogens with zero attached hydrogens (tertiary/aromatic N) is 4. The predicted octanol–water partition coefficient (Wildman–Crippen LogP) is 2.57. The molecule has 7 rings (SSSR count). The number of carbonyl (C=O) groups excluding carboxylic acids is 1. The first kappa shape index (κ1) is 23.6. The predicted molar refractivity (Wildman–Crippen MR) is 134 cm³/mol. The first-order valence-electron chi connectivity index (χ1n) is 13.9. The van der Waals surface area contributed by atoms with Gasteiger partial charge in [0.15, 0.2) is 0 Å². The summed E-state index contributed by atoms with van der Waals surface area (Å²) in [7, 11) is 1.75. The van der Waals surface area contributed by atoms with Gasteiger partial charge in [-0.15, -0.1) is 0 Å². The number of hydrogen-bond acceptors (Lipinski definition) is 7. The monoisotopic (exact) mass is 483 g/mol. The molecule has 6 aliphatic rings. The van der Waals surface area contributed by atoms with Gasteiger partial charge >= 0.3 is 0 Å². The molecule has 35 heavy (non-hydrogen) atoms. The molecular weight excluding hydrogens is 442 g/mol. The molecule has 4 bridgehead atoms. The van der Waals surface area contributed by atoms with Gasteiger partial charge in [0.1, 0.15) is 0 Å². The number of methoxy groups -OCH3 is 1. The van der Waals surface area contributed by atoms with Crippen molar-refractivity contribution in [2.24, 2.45) is 17.8 Å². The van der Waals surface area contributed by atoms with Crippen molar-refractivity contribution in [3.63, 3.8) is 0 Å². The number of hydrogen-bond donors (Lipinski definition) is 2. The molecule has 8 heteroatoms. The van der Waals surface area contributed by atoms with Crippen LogP contribution in [-0.2, 0) is 4.74 Å². The van der Waals surface area contributed by atoms with Crippen LogP contribution in [-0.4, -0.2) is 84.0 Å². The largest absolute Gasteiger partial charge is 0.390 e. The number of rotatable bonds is 7. The molecule has 0 aromatic carbocycles. The Morgan fingerprint density at radius 3 is 2.51 bits per heavy atom. The summed E-state index contributed by atoms with van der Waals surface area (Å²) in [5, 5.41) is 14.3. The minimum absolute atomic E-state index is 0.00713. The summed E-state index contributed by atoms with van der Waals surface area (Å²) < 4.78 is 5.22. The van der Waals surface area contributed by atoms with E-state index in [-0.39, 0.29) is 11.9 Å². The second-order valence-electron chi connectivity index (χ2n) is 12.0. The molecule has 0 spiro atoms. The number of ether oxygens (including phenoxy) is 1. The van der Waals surface area contributed by atoms with Gasteiger partial charge in [-0.2, -0.15) is 0 Å². The Kier molecular flexibility index (Phi) is 6.48. The van der Waals surface area contributed by atoms with Gasteiger partial charge in [-0.25, -0.2) is 9.97 Å². The Morgan fingerprint density at radius 1 is 1.14 bits per heavy atom. The summed E-state index contributed by atoms with van der Waals surface area (Å²) in [6.07, 6.45) is 11.3. The van der Waals surface area contributed by atoms with Crippen LogP contribution in [0, 0.1) is 17.8 Å². The number of piperazine rings is 1. The SMILES string of the molecule is COCCN1CCN(c2ncc(C(=O)N[C@H]3C4CC5CC3C[C@@](O)(C5)C4)c(C3CCCC3)n2)CC1. The van der Waals surface area contributed by atoms with E-state index in [1.54, 1.807) is 13.3 Å². The molecule has 2 unspecified atom stereocenters. The van der Waals surface area contributed by atoms with E-state index in [4.69, 9.17) is 14.7 Å². The summed E-state index contributed by atoms with van der Waals surface area (Å²) >= 11 is 0. The van der Waals surface area contributed by atoms with Crippen molar-refractivity contribution in [1.29, 1.82) is 0 Å². The Morgan fingerprint density at radius 2 is 1.86 bits per heavy atom. The summed E-state index contributed by atoms with van der Waals surface area (Å²) in [6.45, 7) is 5.47. The fourth-order valence-electron chi connectivity index (χ4n) is 8.06. The Balaban J connectivity index is 1.18. The van der Waals surface area contributed by atoms with E-state index in [1.807, 2.05) is 0 Å². The molecule has 2 atom stereocenters. The number of aromatic nitrogens is 2. The van der Waals surface area contributed by atoms with Gasteiger partial charge in [0.25, 0.3) is 5.91 Å². The van der Waals surface area contributed by atoms with E-state index in [2.05, 4.69) is 15.1 Å². The molecular formula is C27H41N5O3. The topological polar surface area (TPSA) is 90.8 Å². The number of amides is 1. The van der Waals surface area contributed by atoms with Gasteiger partial charge in [-0.05, 0) is 62.7 Å². The van der Waals surface area contributed by atoms with Crippen LogP contribution in [0.25, 0.3) is 0 Å². The van der Waals surface area contributed by atoms with Gasteiger partial charge in [0.05, 0.1) is 23.5 Å². The maximum absolute atomic E-state index is 13.6. The average Bonchev–Trinajstić information content (AvgIpc) is 3.39. The van der Waals surface area contributed by atoms with Crippen molar-refractivity contribution < 1.29 is 14.6 Å². The molecule has 5 saturated carbocycles. The first-order valence-corrected chi connectivity index (χ1v) is 13.9. The van der Waals surface area contributed by atoms with Gasteiger partial charge < -0.3 is 20.1 Å². The molecule has 2 heterocycles. The lowest BCUT2D eigenvalue weighted by Gasteiger charge is -2.58. The molecule has 1 saturated heterocycles. The average molecular weight is 484 g/mol. The zero-order chi connectivity index (χ0) is 24.0. The highest BCUT2D eigenvalue weighted by Crippen LogP contribution is 2.55. The lowest BCUT2D eigenvalue weighted by molar-refractivity contribution is -0.136. The van der Waals surface area contributed by atoms with Crippen LogP contribution in [0.3, 0.4) is 0 Å². The van der Waals surface area contributed by atoms with Crippen LogP contribution in [0.5, 0.6) is 0 Å². The summed E-state index contributed by atoms with van der Waals surface area (Å²) in [5.74, 6) is 2.55. The van der Waals surface area contributed by atoms with Gasteiger partial charge in [-0.1, -0.05) is 12.8 Å². The number of carbonyl (C=O) groups is 1. The fraction of sp³-hybridized carbons (Fsp3) is 0.815. The lowest BCUT2D eigenvalue weighted by Crippen LogP contribution is -2.61. The quantitative estimate of drug-likeness (QED) is 0.616. The molecule has 8 nitrogen and oxygen atoms in total. The minimum atomic E-state index is -0.481. The molecule has 1 amide bonds. The van der Waals surface area contributed by atoms with E-state index in [0.29, 0.717) is 29.2 Å². The van der Waals surface area contributed by atoms with Crippen molar-refractivity contribution in [2.45, 2.75) is 75.3 Å². The van der Waals surface area contributed by atoms with Gasteiger partial charge in [0, 0.05) is 58.0 Å². The van der Waals surface area contributed by atoms with Crippen LogP contribution in [0.1, 0.15) is 79.8 Å². The highest BCUT2D eigenvalue weighted by Gasteiger charge is 2.55. The van der Waals surface area contributed by atoms with Gasteiger partial charge in [0.2, 0.25) is 5.95 Å². The number of aliphatic hydroxyl groups is 1. The molecule has 1 aromatic heterocycles. The molecule has 1 aliphatic heterocycles. The molecule has 192 valence electrons. The Labute approximate surface area is 208 Å². The van der Waals surface area contributed by atoms with Crippen molar-refractivity contribution >= 4 is 11.9 Å². The van der Waals surface area contributed by atoms with E-state index in [9.17, 15) is 9.90 Å². The maximum atomic E-state index is 13.6. The minimum Gasteiger partial charge on any atom is -0.390 e. The second-order valence-corrected chi connectivity index (χ2v) is 12.0. The van der Waals surface area contributed by atoms with E-state index >= 15 is 0 Å². The maximum Gasteiger partial charge on any atom is 0.254 e. The molecule has 5 aliphatic carbocycles. The van der Waals surface area contributed by atoms with Crippen molar-refractivity contribution in [3.05, 3.63) is 17.5 Å².